The Morgan fingerprint density at radius 1 is 1.25 bits per heavy atom. The minimum Gasteiger partial charge on any atom is -0.490 e. The van der Waals surface area contributed by atoms with E-state index in [1.165, 1.54) is 0 Å². The first-order chi connectivity index (χ1) is 13.3. The van der Waals surface area contributed by atoms with Crippen molar-refractivity contribution < 1.29 is 23.8 Å². The van der Waals surface area contributed by atoms with Crippen LogP contribution in [-0.4, -0.2) is 37.3 Å². The van der Waals surface area contributed by atoms with E-state index >= 15 is 0 Å². The van der Waals surface area contributed by atoms with Crippen LogP contribution in [0, 0.1) is 5.92 Å². The molecule has 2 rings (SSSR count). The molecule has 1 aromatic carbocycles. The maximum Gasteiger partial charge on any atom is 0.341 e. The quantitative estimate of drug-likeness (QED) is 0.657. The molecule has 1 saturated carbocycles. The standard InChI is InChI=1S/C22H33NO5/c1-6-16(4)28-19-9-8-17(14-18(19)20(24)27-7-2)23-21(25)22(26-5)12-10-15(3)11-13-22/h8-9,14-16H,6-7,10-13H2,1-5H3,(H,23,25). The number of rotatable bonds is 8. The molecule has 156 valence electrons. The van der Waals surface area contributed by atoms with Crippen LogP contribution in [0.1, 0.15) is 70.2 Å². The van der Waals surface area contributed by atoms with Crippen molar-refractivity contribution in [3.63, 3.8) is 0 Å². The Morgan fingerprint density at radius 2 is 1.93 bits per heavy atom. The lowest BCUT2D eigenvalue weighted by molar-refractivity contribution is -0.142. The molecule has 6 heteroatoms. The van der Waals surface area contributed by atoms with Gasteiger partial charge in [0, 0.05) is 12.8 Å². The maximum atomic E-state index is 13.0. The van der Waals surface area contributed by atoms with Gasteiger partial charge >= 0.3 is 5.97 Å². The summed E-state index contributed by atoms with van der Waals surface area (Å²) >= 11 is 0. The predicted octanol–water partition coefficient (Wildman–Crippen LogP) is 4.57. The van der Waals surface area contributed by atoms with Crippen LogP contribution in [0.2, 0.25) is 0 Å². The van der Waals surface area contributed by atoms with E-state index in [0.717, 1.165) is 19.3 Å². The number of methoxy groups -OCH3 is 1. The molecule has 1 aromatic rings. The lowest BCUT2D eigenvalue weighted by Gasteiger charge is -2.36. The van der Waals surface area contributed by atoms with E-state index in [1.54, 1.807) is 32.2 Å². The largest absolute Gasteiger partial charge is 0.490 e. The molecule has 0 radical (unpaired) electrons. The number of nitrogens with one attached hydrogen (secondary N) is 1. The van der Waals surface area contributed by atoms with Crippen molar-refractivity contribution in [3.8, 4) is 5.75 Å². The summed E-state index contributed by atoms with van der Waals surface area (Å²) in [6, 6.07) is 5.06. The summed E-state index contributed by atoms with van der Waals surface area (Å²) in [6.45, 7) is 8.17. The van der Waals surface area contributed by atoms with E-state index in [2.05, 4.69) is 12.2 Å². The highest BCUT2D eigenvalue weighted by molar-refractivity contribution is 5.99. The van der Waals surface area contributed by atoms with E-state index in [-0.39, 0.29) is 18.6 Å². The third-order valence-electron chi connectivity index (χ3n) is 5.52. The van der Waals surface area contributed by atoms with Crippen molar-refractivity contribution >= 4 is 17.6 Å². The van der Waals surface area contributed by atoms with E-state index in [0.29, 0.717) is 35.8 Å². The summed E-state index contributed by atoms with van der Waals surface area (Å²) in [7, 11) is 1.59. The topological polar surface area (TPSA) is 73.9 Å². The first kappa shape index (κ1) is 22.2. The number of anilines is 1. The van der Waals surface area contributed by atoms with E-state index in [1.807, 2.05) is 13.8 Å². The Kier molecular flexibility index (Phi) is 7.87. The third kappa shape index (κ3) is 5.25. The van der Waals surface area contributed by atoms with E-state index in [9.17, 15) is 9.59 Å². The van der Waals surface area contributed by atoms with Crippen LogP contribution in [0.5, 0.6) is 5.75 Å². The second-order valence-electron chi connectivity index (χ2n) is 7.60. The van der Waals surface area contributed by atoms with Crippen molar-refractivity contribution in [1.29, 1.82) is 0 Å². The number of carbonyl (C=O) groups is 2. The van der Waals surface area contributed by atoms with Crippen molar-refractivity contribution in [1.82, 2.24) is 0 Å². The maximum absolute atomic E-state index is 13.0. The monoisotopic (exact) mass is 391 g/mol. The summed E-state index contributed by atoms with van der Waals surface area (Å²) in [5.41, 5.74) is 0.0194. The van der Waals surface area contributed by atoms with Crippen LogP contribution in [0.15, 0.2) is 18.2 Å². The molecule has 1 atom stereocenters. The molecule has 0 aromatic heterocycles. The van der Waals surface area contributed by atoms with Crippen LogP contribution >= 0.6 is 0 Å². The molecule has 1 unspecified atom stereocenters. The molecule has 0 saturated heterocycles. The smallest absolute Gasteiger partial charge is 0.341 e. The molecule has 0 bridgehead atoms. The fraction of sp³-hybridized carbons (Fsp3) is 0.636. The van der Waals surface area contributed by atoms with Gasteiger partial charge in [0.05, 0.1) is 12.7 Å². The molecule has 1 N–H and O–H groups in total. The zero-order valence-electron chi connectivity index (χ0n) is 17.7. The molecule has 1 aliphatic rings. The van der Waals surface area contributed by atoms with Gasteiger partial charge in [0.1, 0.15) is 16.9 Å². The van der Waals surface area contributed by atoms with Crippen LogP contribution in [0.3, 0.4) is 0 Å². The van der Waals surface area contributed by atoms with Gasteiger partial charge in [-0.25, -0.2) is 4.79 Å². The Hall–Kier alpha value is -2.08. The first-order valence-corrected chi connectivity index (χ1v) is 10.2. The molecular formula is C22H33NO5. The van der Waals surface area contributed by atoms with Gasteiger partial charge in [0.25, 0.3) is 5.91 Å². The van der Waals surface area contributed by atoms with Crippen LogP contribution in [-0.2, 0) is 14.3 Å². The highest BCUT2D eigenvalue weighted by Crippen LogP contribution is 2.35. The number of esters is 1. The van der Waals surface area contributed by atoms with Crippen LogP contribution < -0.4 is 10.1 Å². The lowest BCUT2D eigenvalue weighted by Crippen LogP contribution is -2.47. The lowest BCUT2D eigenvalue weighted by atomic mass is 9.79. The van der Waals surface area contributed by atoms with Crippen molar-refractivity contribution in [2.75, 3.05) is 19.0 Å². The Bertz CT molecular complexity index is 680. The zero-order chi connectivity index (χ0) is 20.7. The minimum absolute atomic E-state index is 0.0328. The second kappa shape index (κ2) is 9.92. The van der Waals surface area contributed by atoms with Gasteiger partial charge in [-0.3, -0.25) is 4.79 Å². The van der Waals surface area contributed by atoms with Gasteiger partial charge < -0.3 is 19.5 Å². The Labute approximate surface area is 167 Å². The molecule has 1 amide bonds. The molecule has 0 heterocycles. The number of hydrogen-bond acceptors (Lipinski definition) is 5. The van der Waals surface area contributed by atoms with Crippen LogP contribution in [0.4, 0.5) is 5.69 Å². The predicted molar refractivity (Wildman–Crippen MR) is 109 cm³/mol. The highest BCUT2D eigenvalue weighted by atomic mass is 16.5. The van der Waals surface area contributed by atoms with Crippen LogP contribution in [0.25, 0.3) is 0 Å². The number of hydrogen-bond donors (Lipinski definition) is 1. The molecular weight excluding hydrogens is 358 g/mol. The molecule has 0 spiro atoms. The molecule has 28 heavy (non-hydrogen) atoms. The van der Waals surface area contributed by atoms with Crippen molar-refractivity contribution in [2.45, 2.75) is 71.5 Å². The van der Waals surface area contributed by atoms with Gasteiger partial charge in [-0.05, 0) is 70.1 Å². The first-order valence-electron chi connectivity index (χ1n) is 10.2. The second-order valence-corrected chi connectivity index (χ2v) is 7.60. The van der Waals surface area contributed by atoms with Gasteiger partial charge in [0.15, 0.2) is 0 Å². The highest BCUT2D eigenvalue weighted by Gasteiger charge is 2.41. The zero-order valence-corrected chi connectivity index (χ0v) is 17.7. The summed E-state index contributed by atoms with van der Waals surface area (Å²) in [5.74, 6) is 0.416. The number of carbonyl (C=O) groups excluding carboxylic acids is 2. The Balaban J connectivity index is 2.24. The number of amides is 1. The third-order valence-corrected chi connectivity index (χ3v) is 5.52. The van der Waals surface area contributed by atoms with E-state index < -0.39 is 11.6 Å². The summed E-state index contributed by atoms with van der Waals surface area (Å²) in [5, 5.41) is 2.92. The normalized spacial score (nSPS) is 23.0. The number of benzene rings is 1. The fourth-order valence-electron chi connectivity index (χ4n) is 3.38. The average Bonchev–Trinajstić information content (AvgIpc) is 2.69. The van der Waals surface area contributed by atoms with E-state index in [4.69, 9.17) is 14.2 Å². The van der Waals surface area contributed by atoms with Gasteiger partial charge in [-0.15, -0.1) is 0 Å². The molecule has 1 aliphatic carbocycles. The molecule has 1 fully saturated rings. The van der Waals surface area contributed by atoms with Crippen molar-refractivity contribution in [2.24, 2.45) is 5.92 Å². The molecule has 6 nitrogen and oxygen atoms in total. The molecule has 0 aliphatic heterocycles. The fourth-order valence-corrected chi connectivity index (χ4v) is 3.38. The summed E-state index contributed by atoms with van der Waals surface area (Å²) in [4.78, 5) is 25.4. The van der Waals surface area contributed by atoms with Gasteiger partial charge in [-0.2, -0.15) is 0 Å². The average molecular weight is 392 g/mol. The van der Waals surface area contributed by atoms with Crippen molar-refractivity contribution in [3.05, 3.63) is 23.8 Å². The summed E-state index contributed by atoms with van der Waals surface area (Å²) < 4.78 is 16.6. The Morgan fingerprint density at radius 3 is 2.50 bits per heavy atom. The number of ether oxygens (including phenoxy) is 3. The van der Waals surface area contributed by atoms with Gasteiger partial charge in [-0.1, -0.05) is 13.8 Å². The van der Waals surface area contributed by atoms with Gasteiger partial charge in [0.2, 0.25) is 0 Å². The SMILES string of the molecule is CCOC(=O)c1cc(NC(=O)C2(OC)CCC(C)CC2)ccc1OC(C)CC. The summed E-state index contributed by atoms with van der Waals surface area (Å²) in [6.07, 6.45) is 4.07. The minimum atomic E-state index is -0.817.